The highest BCUT2D eigenvalue weighted by Crippen LogP contribution is 2.23. The van der Waals surface area contributed by atoms with E-state index in [1.165, 1.54) is 6.08 Å². The number of hydrogen-bond acceptors (Lipinski definition) is 3. The summed E-state index contributed by atoms with van der Waals surface area (Å²) in [6, 6.07) is 7.68. The first-order valence-corrected chi connectivity index (χ1v) is 7.59. The maximum atomic E-state index is 12.3. The van der Waals surface area contributed by atoms with Crippen LogP contribution < -0.4 is 9.64 Å². The van der Waals surface area contributed by atoms with Crippen molar-refractivity contribution in [1.29, 1.82) is 0 Å². The van der Waals surface area contributed by atoms with Crippen molar-refractivity contribution in [1.82, 2.24) is 9.78 Å². The summed E-state index contributed by atoms with van der Waals surface area (Å²) in [5.41, 5.74) is 2.74. The zero-order valence-corrected chi connectivity index (χ0v) is 14.1. The molecule has 2 aromatic rings. The van der Waals surface area contributed by atoms with Gasteiger partial charge < -0.3 is 9.64 Å². The van der Waals surface area contributed by atoms with E-state index in [0.717, 1.165) is 22.7 Å². The topological polar surface area (TPSA) is 47.4 Å². The third-order valence-electron chi connectivity index (χ3n) is 3.70. The summed E-state index contributed by atoms with van der Waals surface area (Å²) in [6.07, 6.45) is 3.32. The smallest absolute Gasteiger partial charge is 0.250 e. The molecule has 0 atom stereocenters. The first kappa shape index (κ1) is 16.8. The molecule has 0 aliphatic carbocycles. The molecular weight excluding hydrogens is 290 g/mol. The van der Waals surface area contributed by atoms with Gasteiger partial charge in [-0.15, -0.1) is 0 Å². The van der Waals surface area contributed by atoms with E-state index in [4.69, 9.17) is 4.74 Å². The largest absolute Gasteiger partial charge is 0.497 e. The third-order valence-corrected chi connectivity index (χ3v) is 3.70. The molecular formula is C18H23N3O2. The molecule has 5 heteroatoms. The van der Waals surface area contributed by atoms with Gasteiger partial charge in [-0.25, -0.2) is 0 Å². The first-order chi connectivity index (χ1) is 11.0. The molecule has 0 N–H and O–H groups in total. The zero-order chi connectivity index (χ0) is 17.0. The summed E-state index contributed by atoms with van der Waals surface area (Å²) >= 11 is 0. The SMILES string of the molecule is C=CC(=O)N(Cc1cn(C(C)C)nc1C)c1ccc(OC)cc1. The number of benzene rings is 1. The Morgan fingerprint density at radius 1 is 1.39 bits per heavy atom. The summed E-state index contributed by atoms with van der Waals surface area (Å²) < 4.78 is 7.08. The van der Waals surface area contributed by atoms with Crippen LogP contribution >= 0.6 is 0 Å². The summed E-state index contributed by atoms with van der Waals surface area (Å²) in [5.74, 6) is 0.607. The van der Waals surface area contributed by atoms with E-state index in [-0.39, 0.29) is 11.9 Å². The van der Waals surface area contributed by atoms with Gasteiger partial charge in [0.25, 0.3) is 5.91 Å². The van der Waals surface area contributed by atoms with Crippen LogP contribution in [0.4, 0.5) is 5.69 Å². The molecule has 0 unspecified atom stereocenters. The Hall–Kier alpha value is -2.56. The van der Waals surface area contributed by atoms with Crippen LogP contribution in [0.5, 0.6) is 5.75 Å². The molecule has 1 heterocycles. The highest BCUT2D eigenvalue weighted by atomic mass is 16.5. The monoisotopic (exact) mass is 313 g/mol. The van der Waals surface area contributed by atoms with Crippen LogP contribution in [-0.2, 0) is 11.3 Å². The number of anilines is 1. The zero-order valence-electron chi connectivity index (χ0n) is 14.1. The van der Waals surface area contributed by atoms with Gasteiger partial charge in [-0.3, -0.25) is 9.48 Å². The van der Waals surface area contributed by atoms with Gasteiger partial charge in [0, 0.05) is 23.5 Å². The van der Waals surface area contributed by atoms with Crippen LogP contribution in [0, 0.1) is 6.92 Å². The molecule has 1 aromatic carbocycles. The van der Waals surface area contributed by atoms with E-state index in [2.05, 4.69) is 25.5 Å². The lowest BCUT2D eigenvalue weighted by Crippen LogP contribution is -2.28. The van der Waals surface area contributed by atoms with Crippen molar-refractivity contribution >= 4 is 11.6 Å². The lowest BCUT2D eigenvalue weighted by Gasteiger charge is -2.21. The lowest BCUT2D eigenvalue weighted by atomic mass is 10.2. The molecule has 0 saturated heterocycles. The Morgan fingerprint density at radius 2 is 2.04 bits per heavy atom. The van der Waals surface area contributed by atoms with Crippen molar-refractivity contribution in [3.63, 3.8) is 0 Å². The van der Waals surface area contributed by atoms with Gasteiger partial charge in [0.15, 0.2) is 0 Å². The highest BCUT2D eigenvalue weighted by molar-refractivity contribution is 6.01. The molecule has 1 amide bonds. The van der Waals surface area contributed by atoms with Crippen LogP contribution in [0.3, 0.4) is 0 Å². The van der Waals surface area contributed by atoms with Crippen molar-refractivity contribution in [3.05, 3.63) is 54.4 Å². The minimum Gasteiger partial charge on any atom is -0.497 e. The van der Waals surface area contributed by atoms with E-state index >= 15 is 0 Å². The van der Waals surface area contributed by atoms with Crippen LogP contribution in [0.2, 0.25) is 0 Å². The molecule has 122 valence electrons. The van der Waals surface area contributed by atoms with Gasteiger partial charge in [0.1, 0.15) is 5.75 Å². The fourth-order valence-corrected chi connectivity index (χ4v) is 2.28. The number of aromatic nitrogens is 2. The molecule has 0 bridgehead atoms. The lowest BCUT2D eigenvalue weighted by molar-refractivity contribution is -0.114. The van der Waals surface area contributed by atoms with Crippen molar-refractivity contribution in [2.45, 2.75) is 33.4 Å². The van der Waals surface area contributed by atoms with Crippen molar-refractivity contribution in [2.24, 2.45) is 0 Å². The highest BCUT2D eigenvalue weighted by Gasteiger charge is 2.17. The third kappa shape index (κ3) is 3.80. The standard InChI is InChI=1S/C18H23N3O2/c1-6-18(22)20(16-7-9-17(23-5)10-8-16)11-15-12-21(13(2)3)19-14(15)4/h6-10,12-13H,1,11H2,2-5H3. The number of hydrogen-bond donors (Lipinski definition) is 0. The number of amides is 1. The maximum absolute atomic E-state index is 12.3. The number of carbonyl (C=O) groups excluding carboxylic acids is 1. The van der Waals surface area contributed by atoms with Gasteiger partial charge in [0.2, 0.25) is 0 Å². The number of ether oxygens (including phenoxy) is 1. The van der Waals surface area contributed by atoms with Gasteiger partial charge >= 0.3 is 0 Å². The van der Waals surface area contributed by atoms with E-state index in [1.54, 1.807) is 12.0 Å². The molecule has 0 aliphatic heterocycles. The molecule has 0 saturated carbocycles. The number of aryl methyl sites for hydroxylation is 1. The molecule has 0 aliphatic rings. The first-order valence-electron chi connectivity index (χ1n) is 7.59. The van der Waals surface area contributed by atoms with Crippen molar-refractivity contribution in [3.8, 4) is 5.75 Å². The molecule has 0 fully saturated rings. The van der Waals surface area contributed by atoms with Crippen LogP contribution in [-0.4, -0.2) is 22.8 Å². The maximum Gasteiger partial charge on any atom is 0.250 e. The van der Waals surface area contributed by atoms with Gasteiger partial charge in [0.05, 0.1) is 19.3 Å². The van der Waals surface area contributed by atoms with Gasteiger partial charge in [-0.1, -0.05) is 6.58 Å². The Bertz CT molecular complexity index is 687. The minimum absolute atomic E-state index is 0.146. The number of nitrogens with zero attached hydrogens (tertiary/aromatic N) is 3. The van der Waals surface area contributed by atoms with Gasteiger partial charge in [-0.2, -0.15) is 5.10 Å². The molecule has 1 aromatic heterocycles. The molecule has 5 nitrogen and oxygen atoms in total. The minimum atomic E-state index is -0.146. The van der Waals surface area contributed by atoms with Crippen molar-refractivity contribution in [2.75, 3.05) is 12.0 Å². The fourth-order valence-electron chi connectivity index (χ4n) is 2.28. The number of rotatable bonds is 6. The Morgan fingerprint density at radius 3 is 2.52 bits per heavy atom. The van der Waals surface area contributed by atoms with E-state index in [9.17, 15) is 4.79 Å². The second kappa shape index (κ2) is 7.13. The molecule has 0 radical (unpaired) electrons. The van der Waals surface area contributed by atoms with Crippen LogP contribution in [0.15, 0.2) is 43.1 Å². The van der Waals surface area contributed by atoms with E-state index in [1.807, 2.05) is 42.1 Å². The molecule has 0 spiro atoms. The van der Waals surface area contributed by atoms with Crippen LogP contribution in [0.1, 0.15) is 31.1 Å². The predicted octanol–water partition coefficient (Wildman–Crippen LogP) is 3.50. The summed E-state index contributed by atoms with van der Waals surface area (Å²) in [7, 11) is 1.62. The molecule has 23 heavy (non-hydrogen) atoms. The summed E-state index contributed by atoms with van der Waals surface area (Å²) in [6.45, 7) is 10.2. The Labute approximate surface area is 137 Å². The van der Waals surface area contributed by atoms with Crippen LogP contribution in [0.25, 0.3) is 0 Å². The second-order valence-electron chi connectivity index (χ2n) is 5.64. The van der Waals surface area contributed by atoms with E-state index in [0.29, 0.717) is 6.54 Å². The summed E-state index contributed by atoms with van der Waals surface area (Å²) in [5, 5.41) is 4.50. The number of carbonyl (C=O) groups is 1. The van der Waals surface area contributed by atoms with Gasteiger partial charge in [-0.05, 0) is 51.1 Å². The van der Waals surface area contributed by atoms with Crippen molar-refractivity contribution < 1.29 is 9.53 Å². The Balaban J connectivity index is 2.32. The summed E-state index contributed by atoms with van der Waals surface area (Å²) in [4.78, 5) is 14.0. The normalized spacial score (nSPS) is 10.7. The molecule has 2 rings (SSSR count). The predicted molar refractivity (Wildman–Crippen MR) is 91.7 cm³/mol. The average Bonchev–Trinajstić information content (AvgIpc) is 2.93. The quantitative estimate of drug-likeness (QED) is 0.767. The number of methoxy groups -OCH3 is 1. The second-order valence-corrected chi connectivity index (χ2v) is 5.64. The average molecular weight is 313 g/mol. The Kier molecular flexibility index (Phi) is 5.21. The van der Waals surface area contributed by atoms with E-state index < -0.39 is 0 Å². The fraction of sp³-hybridized carbons (Fsp3) is 0.333.